The van der Waals surface area contributed by atoms with Crippen LogP contribution in [0.5, 0.6) is 0 Å². The molecule has 7 nitrogen and oxygen atoms in total. The Morgan fingerprint density at radius 1 is 0.964 bits per heavy atom. The maximum atomic E-state index is 12.7. The molecule has 0 saturated heterocycles. The lowest BCUT2D eigenvalue weighted by Crippen LogP contribution is -2.16. The molecule has 3 aromatic heterocycles. The first-order valence-electron chi connectivity index (χ1n) is 8.76. The molecule has 0 radical (unpaired) electrons. The van der Waals surface area contributed by atoms with E-state index >= 15 is 0 Å². The van der Waals surface area contributed by atoms with Crippen LogP contribution in [0.4, 0.5) is 5.82 Å². The lowest BCUT2D eigenvalue weighted by Gasteiger charge is -2.07. The van der Waals surface area contributed by atoms with Gasteiger partial charge in [-0.15, -0.1) is 0 Å². The van der Waals surface area contributed by atoms with Crippen molar-refractivity contribution in [3.05, 3.63) is 78.4 Å². The average molecular weight is 370 g/mol. The molecule has 3 heterocycles. The van der Waals surface area contributed by atoms with Crippen LogP contribution < -0.4 is 5.32 Å². The number of amides is 1. The van der Waals surface area contributed by atoms with Gasteiger partial charge >= 0.3 is 0 Å². The molecule has 0 aliphatic heterocycles. The molecule has 28 heavy (non-hydrogen) atoms. The average Bonchev–Trinajstić information content (AvgIpc) is 3.03. The van der Waals surface area contributed by atoms with Crippen molar-refractivity contribution in [3.8, 4) is 22.6 Å². The molecule has 0 spiro atoms. The van der Waals surface area contributed by atoms with Gasteiger partial charge in [0.15, 0.2) is 5.82 Å². The Morgan fingerprint density at radius 2 is 1.64 bits per heavy atom. The number of hydrogen-bond acceptors (Lipinski definition) is 5. The van der Waals surface area contributed by atoms with E-state index < -0.39 is 0 Å². The number of pyridine rings is 1. The Labute approximate surface area is 162 Å². The molecular formula is C21H18N6O. The monoisotopic (exact) mass is 370 g/mol. The van der Waals surface area contributed by atoms with E-state index in [1.807, 2.05) is 49.4 Å². The van der Waals surface area contributed by atoms with Crippen LogP contribution in [0.25, 0.3) is 22.6 Å². The number of nitrogens with zero attached hydrogens (tertiary/aromatic N) is 5. The second-order valence-electron chi connectivity index (χ2n) is 6.30. The maximum Gasteiger partial charge on any atom is 0.259 e. The minimum absolute atomic E-state index is 0.285. The molecule has 1 amide bonds. The molecule has 138 valence electrons. The molecule has 0 aliphatic rings. The van der Waals surface area contributed by atoms with Crippen LogP contribution in [0.15, 0.2) is 67.3 Å². The van der Waals surface area contributed by atoms with Crippen molar-refractivity contribution < 1.29 is 4.79 Å². The fourth-order valence-electron chi connectivity index (χ4n) is 2.95. The standard InChI is InChI=1S/C21H18N6O/c1-14-18(15-6-4-3-5-7-15)26-27(2)20(14)25-21(28)17-12-23-19(24-13-17)16-8-10-22-11-9-16/h3-13H,1-2H3,(H,25,28). The van der Waals surface area contributed by atoms with Gasteiger partial charge < -0.3 is 5.32 Å². The van der Waals surface area contributed by atoms with Gasteiger partial charge in [-0.3, -0.25) is 14.5 Å². The number of aromatic nitrogens is 5. The van der Waals surface area contributed by atoms with E-state index in [-0.39, 0.29) is 5.91 Å². The molecule has 1 aromatic carbocycles. The second-order valence-corrected chi connectivity index (χ2v) is 6.30. The summed E-state index contributed by atoms with van der Waals surface area (Å²) in [6.07, 6.45) is 6.38. The van der Waals surface area contributed by atoms with Gasteiger partial charge in [-0.05, 0) is 19.1 Å². The Kier molecular flexibility index (Phi) is 4.63. The highest BCUT2D eigenvalue weighted by Gasteiger charge is 2.17. The SMILES string of the molecule is Cc1c(-c2ccccc2)nn(C)c1NC(=O)c1cnc(-c2ccncc2)nc1. The number of rotatable bonds is 4. The zero-order chi connectivity index (χ0) is 19.5. The summed E-state index contributed by atoms with van der Waals surface area (Å²) < 4.78 is 1.67. The van der Waals surface area contributed by atoms with Crippen molar-refractivity contribution in [3.63, 3.8) is 0 Å². The Hall–Kier alpha value is -3.87. The zero-order valence-corrected chi connectivity index (χ0v) is 15.5. The number of carbonyl (C=O) groups excluding carboxylic acids is 1. The van der Waals surface area contributed by atoms with Gasteiger partial charge in [0.2, 0.25) is 0 Å². The van der Waals surface area contributed by atoms with Crippen LogP contribution in [0, 0.1) is 6.92 Å². The summed E-state index contributed by atoms with van der Waals surface area (Å²) in [6, 6.07) is 13.5. The molecule has 0 atom stereocenters. The van der Waals surface area contributed by atoms with Crippen molar-refractivity contribution in [2.45, 2.75) is 6.92 Å². The van der Waals surface area contributed by atoms with E-state index in [1.54, 1.807) is 24.1 Å². The predicted octanol–water partition coefficient (Wildman–Crippen LogP) is 3.50. The van der Waals surface area contributed by atoms with Gasteiger partial charge in [0.05, 0.1) is 11.3 Å². The topological polar surface area (TPSA) is 85.6 Å². The third-order valence-electron chi connectivity index (χ3n) is 4.42. The maximum absolute atomic E-state index is 12.7. The molecule has 0 bridgehead atoms. The van der Waals surface area contributed by atoms with Crippen LogP contribution in [0.1, 0.15) is 15.9 Å². The summed E-state index contributed by atoms with van der Waals surface area (Å²) in [5.41, 5.74) is 3.96. The Morgan fingerprint density at radius 3 is 2.32 bits per heavy atom. The fraction of sp³-hybridized carbons (Fsp3) is 0.0952. The van der Waals surface area contributed by atoms with Crippen molar-refractivity contribution in [1.82, 2.24) is 24.7 Å². The smallest absolute Gasteiger partial charge is 0.259 e. The number of benzene rings is 1. The molecule has 0 saturated carbocycles. The van der Waals surface area contributed by atoms with E-state index in [9.17, 15) is 4.79 Å². The first-order valence-corrected chi connectivity index (χ1v) is 8.76. The van der Waals surface area contributed by atoms with Crippen LogP contribution in [-0.4, -0.2) is 30.6 Å². The second kappa shape index (κ2) is 7.40. The number of anilines is 1. The van der Waals surface area contributed by atoms with E-state index in [0.717, 1.165) is 22.4 Å². The third-order valence-corrected chi connectivity index (χ3v) is 4.42. The summed E-state index contributed by atoms with van der Waals surface area (Å²) in [5, 5.41) is 7.46. The van der Waals surface area contributed by atoms with Crippen molar-refractivity contribution in [1.29, 1.82) is 0 Å². The van der Waals surface area contributed by atoms with Crippen molar-refractivity contribution >= 4 is 11.7 Å². The van der Waals surface area contributed by atoms with Gasteiger partial charge in [0, 0.05) is 48.5 Å². The molecule has 0 unspecified atom stereocenters. The molecule has 1 N–H and O–H groups in total. The minimum atomic E-state index is -0.285. The van der Waals surface area contributed by atoms with Crippen LogP contribution in [0.3, 0.4) is 0 Å². The van der Waals surface area contributed by atoms with Gasteiger partial charge in [-0.2, -0.15) is 5.10 Å². The summed E-state index contributed by atoms with van der Waals surface area (Å²) in [5.74, 6) is 0.899. The van der Waals surface area contributed by atoms with Gasteiger partial charge in [-0.1, -0.05) is 30.3 Å². The molecule has 0 aliphatic carbocycles. The van der Waals surface area contributed by atoms with E-state index in [1.165, 1.54) is 12.4 Å². The number of carbonyl (C=O) groups is 1. The molecular weight excluding hydrogens is 352 g/mol. The van der Waals surface area contributed by atoms with Gasteiger partial charge in [0.1, 0.15) is 5.82 Å². The van der Waals surface area contributed by atoms with Crippen LogP contribution in [-0.2, 0) is 7.05 Å². The molecule has 0 fully saturated rings. The third kappa shape index (κ3) is 3.37. The van der Waals surface area contributed by atoms with E-state index in [2.05, 4.69) is 25.4 Å². The van der Waals surface area contributed by atoms with Crippen molar-refractivity contribution in [2.75, 3.05) is 5.32 Å². The van der Waals surface area contributed by atoms with E-state index in [0.29, 0.717) is 17.2 Å². The zero-order valence-electron chi connectivity index (χ0n) is 15.5. The molecule has 7 heteroatoms. The quantitative estimate of drug-likeness (QED) is 0.594. The first-order chi connectivity index (χ1) is 13.6. The largest absolute Gasteiger partial charge is 0.306 e. The van der Waals surface area contributed by atoms with E-state index in [4.69, 9.17) is 0 Å². The summed E-state index contributed by atoms with van der Waals surface area (Å²) in [4.78, 5) is 25.2. The number of aryl methyl sites for hydroxylation is 1. The molecule has 4 rings (SSSR count). The predicted molar refractivity (Wildman–Crippen MR) is 107 cm³/mol. The van der Waals surface area contributed by atoms with Gasteiger partial charge in [0.25, 0.3) is 5.91 Å². The Balaban J connectivity index is 1.57. The summed E-state index contributed by atoms with van der Waals surface area (Å²) in [6.45, 7) is 1.94. The van der Waals surface area contributed by atoms with Crippen LogP contribution >= 0.6 is 0 Å². The van der Waals surface area contributed by atoms with Crippen LogP contribution in [0.2, 0.25) is 0 Å². The lowest BCUT2D eigenvalue weighted by molar-refractivity contribution is 0.102. The summed E-state index contributed by atoms with van der Waals surface area (Å²) in [7, 11) is 1.80. The highest BCUT2D eigenvalue weighted by molar-refractivity contribution is 6.04. The summed E-state index contributed by atoms with van der Waals surface area (Å²) >= 11 is 0. The normalized spacial score (nSPS) is 10.6. The van der Waals surface area contributed by atoms with Gasteiger partial charge in [-0.25, -0.2) is 9.97 Å². The number of hydrogen-bond donors (Lipinski definition) is 1. The molecule has 4 aromatic rings. The fourth-order valence-corrected chi connectivity index (χ4v) is 2.95. The highest BCUT2D eigenvalue weighted by Crippen LogP contribution is 2.27. The highest BCUT2D eigenvalue weighted by atomic mass is 16.1. The van der Waals surface area contributed by atoms with Crippen molar-refractivity contribution in [2.24, 2.45) is 7.05 Å². The first kappa shape index (κ1) is 17.5. The minimum Gasteiger partial charge on any atom is -0.306 e. The Bertz CT molecular complexity index is 1110. The lowest BCUT2D eigenvalue weighted by atomic mass is 10.1. The number of nitrogens with one attached hydrogen (secondary N) is 1.